The third-order valence-electron chi connectivity index (χ3n) is 6.80. The highest BCUT2D eigenvalue weighted by Gasteiger charge is 2.41. The van der Waals surface area contributed by atoms with Crippen LogP contribution in [0.4, 0.5) is 26.3 Å². The van der Waals surface area contributed by atoms with Crippen LogP contribution >= 0.6 is 0 Å². The maximum atomic E-state index is 12.7. The molecule has 8 nitrogen and oxygen atoms in total. The summed E-state index contributed by atoms with van der Waals surface area (Å²) in [6.45, 7) is 4.13. The molecule has 5 rings (SSSR count). The fraction of sp³-hybridized carbons (Fsp3) is 0.333. The molecule has 2 atom stereocenters. The second-order valence-corrected chi connectivity index (χ2v) is 11.0. The summed E-state index contributed by atoms with van der Waals surface area (Å²) in [5.74, 6) is -0.332. The molecule has 2 aromatic carbocycles. The van der Waals surface area contributed by atoms with E-state index in [1.807, 2.05) is 0 Å². The molecule has 0 spiro atoms. The molecule has 0 N–H and O–H groups in total. The minimum atomic E-state index is -4.40. The monoisotopic (exact) mass is 664 g/mol. The van der Waals surface area contributed by atoms with Crippen molar-refractivity contribution < 1.29 is 54.1 Å². The van der Waals surface area contributed by atoms with Crippen LogP contribution in [0.5, 0.6) is 0 Å². The highest BCUT2D eigenvalue weighted by molar-refractivity contribution is 5.66. The molecule has 1 aliphatic rings. The summed E-state index contributed by atoms with van der Waals surface area (Å²) in [7, 11) is 0. The number of oxazole rings is 2. The van der Waals surface area contributed by atoms with Crippen LogP contribution in [0.25, 0.3) is 24.3 Å². The van der Waals surface area contributed by atoms with E-state index in [9.17, 15) is 26.3 Å². The maximum absolute atomic E-state index is 12.7. The van der Waals surface area contributed by atoms with E-state index in [0.29, 0.717) is 22.5 Å². The Morgan fingerprint density at radius 3 is 1.38 bits per heavy atom. The van der Waals surface area contributed by atoms with E-state index in [0.717, 1.165) is 24.3 Å². The maximum Gasteiger partial charge on any atom is 0.416 e. The quantitative estimate of drug-likeness (QED) is 0.140. The van der Waals surface area contributed by atoms with E-state index < -0.39 is 41.5 Å². The van der Waals surface area contributed by atoms with Crippen LogP contribution in [-0.2, 0) is 44.5 Å². The van der Waals surface area contributed by atoms with Gasteiger partial charge in [0.1, 0.15) is 36.1 Å². The van der Waals surface area contributed by atoms with Crippen LogP contribution < -0.4 is 0 Å². The van der Waals surface area contributed by atoms with E-state index in [2.05, 4.69) is 9.97 Å². The van der Waals surface area contributed by atoms with Gasteiger partial charge in [-0.1, -0.05) is 24.3 Å². The molecule has 1 saturated heterocycles. The van der Waals surface area contributed by atoms with E-state index in [1.54, 1.807) is 38.2 Å². The van der Waals surface area contributed by atoms with E-state index in [1.165, 1.54) is 36.8 Å². The number of rotatable bonds is 12. The van der Waals surface area contributed by atoms with Crippen molar-refractivity contribution in [2.24, 2.45) is 0 Å². The smallest absolute Gasteiger partial charge is 0.416 e. The predicted octanol–water partition coefficient (Wildman–Crippen LogP) is 8.29. The Morgan fingerprint density at radius 2 is 1.02 bits per heavy atom. The first-order valence-corrected chi connectivity index (χ1v) is 14.3. The fourth-order valence-electron chi connectivity index (χ4n) is 4.58. The number of halogens is 6. The minimum absolute atomic E-state index is 0.118. The van der Waals surface area contributed by atoms with Gasteiger partial charge in [-0.05, 0) is 61.4 Å². The Bertz CT molecular complexity index is 1530. The zero-order chi connectivity index (χ0) is 33.7. The number of nitrogens with zero attached hydrogens (tertiary/aromatic N) is 2. The normalized spacial score (nSPS) is 18.6. The van der Waals surface area contributed by atoms with Crippen LogP contribution in [0.1, 0.15) is 59.3 Å². The van der Waals surface area contributed by atoms with Gasteiger partial charge in [-0.3, -0.25) is 0 Å². The summed E-state index contributed by atoms with van der Waals surface area (Å²) in [6.07, 6.45) is -0.573. The van der Waals surface area contributed by atoms with Crippen LogP contribution in [-0.4, -0.2) is 41.2 Å². The van der Waals surface area contributed by atoms with Gasteiger partial charge in [0, 0.05) is 12.2 Å². The third kappa shape index (κ3) is 9.88. The van der Waals surface area contributed by atoms with Gasteiger partial charge in [-0.2, -0.15) is 26.3 Å². The Morgan fingerprint density at radius 1 is 0.638 bits per heavy atom. The lowest BCUT2D eigenvalue weighted by Gasteiger charge is -2.16. The van der Waals surface area contributed by atoms with Gasteiger partial charge < -0.3 is 27.8 Å². The molecule has 0 bridgehead atoms. The summed E-state index contributed by atoms with van der Waals surface area (Å²) in [5.41, 5.74) is 0.682. The predicted molar refractivity (Wildman–Crippen MR) is 157 cm³/mol. The topological polar surface area (TPSA) is 89.0 Å². The number of hydrogen-bond acceptors (Lipinski definition) is 8. The van der Waals surface area contributed by atoms with Crippen LogP contribution in [0.3, 0.4) is 0 Å². The number of alkyl halides is 6. The largest absolute Gasteiger partial charge is 0.445 e. The molecule has 0 radical (unpaired) electrons. The Labute approximate surface area is 265 Å². The second kappa shape index (κ2) is 14.3. The lowest BCUT2D eigenvalue weighted by atomic mass is 10.1. The SMILES string of the molecule is CC1(C)O[C@@H](COCc2coc(/C=C/c3ccc(C(F)(F)F)cc3)n2)[C@H](COCc2coc(/C=C/c3ccc(C(F)(F)F)cc3)n2)O1. The van der Waals surface area contributed by atoms with Gasteiger partial charge in [0.05, 0.1) is 37.6 Å². The molecule has 0 amide bonds. The molecule has 1 aliphatic heterocycles. The highest BCUT2D eigenvalue weighted by Crippen LogP contribution is 2.31. The van der Waals surface area contributed by atoms with Crippen LogP contribution in [0, 0.1) is 0 Å². The standard InChI is InChI=1S/C33H30F6N2O6/c1-31(2)46-27(19-42-15-25-17-44-29(40-25)13-7-21-3-9-23(10-4-21)32(34,35)36)28(47-31)20-43-16-26-18-45-30(41-26)14-8-22-5-11-24(12-6-22)33(37,38)39/h3-14,17-18,27-28H,15-16,19-20H2,1-2H3/b13-7+,14-8+/t27-,28-/m0/s1. The molecule has 4 aromatic rings. The molecule has 1 fully saturated rings. The van der Waals surface area contributed by atoms with Gasteiger partial charge in [0.25, 0.3) is 0 Å². The van der Waals surface area contributed by atoms with E-state index >= 15 is 0 Å². The van der Waals surface area contributed by atoms with Crippen molar-refractivity contribution in [2.75, 3.05) is 13.2 Å². The summed E-state index contributed by atoms with van der Waals surface area (Å²) in [4.78, 5) is 8.61. The lowest BCUT2D eigenvalue weighted by molar-refractivity contribution is -0.155. The molecule has 0 unspecified atom stereocenters. The van der Waals surface area contributed by atoms with E-state index in [-0.39, 0.29) is 38.2 Å². The second-order valence-electron chi connectivity index (χ2n) is 11.0. The molecule has 47 heavy (non-hydrogen) atoms. The number of aromatic nitrogens is 2. The van der Waals surface area contributed by atoms with Crippen molar-refractivity contribution in [3.8, 4) is 0 Å². The van der Waals surface area contributed by atoms with Crippen LogP contribution in [0.2, 0.25) is 0 Å². The Kier molecular flexibility index (Phi) is 10.3. The van der Waals surface area contributed by atoms with Crippen LogP contribution in [0.15, 0.2) is 69.9 Å². The molecule has 0 aliphatic carbocycles. The third-order valence-corrected chi connectivity index (χ3v) is 6.80. The summed E-state index contributed by atoms with van der Waals surface area (Å²) < 4.78 is 111. The summed E-state index contributed by atoms with van der Waals surface area (Å²) >= 11 is 0. The average molecular weight is 665 g/mol. The molecular weight excluding hydrogens is 634 g/mol. The molecule has 250 valence electrons. The first-order valence-electron chi connectivity index (χ1n) is 14.3. The Hall–Kier alpha value is -4.24. The van der Waals surface area contributed by atoms with Gasteiger partial charge in [0.2, 0.25) is 11.8 Å². The van der Waals surface area contributed by atoms with Gasteiger partial charge >= 0.3 is 12.4 Å². The summed E-state index contributed by atoms with van der Waals surface area (Å²) in [6, 6.07) is 9.44. The van der Waals surface area contributed by atoms with Crippen molar-refractivity contribution in [3.05, 3.63) is 106 Å². The molecular formula is C33H30F6N2O6. The number of ether oxygens (including phenoxy) is 4. The minimum Gasteiger partial charge on any atom is -0.445 e. The Balaban J connectivity index is 1.06. The van der Waals surface area contributed by atoms with Gasteiger partial charge in [0.15, 0.2) is 5.79 Å². The van der Waals surface area contributed by atoms with Gasteiger partial charge in [-0.25, -0.2) is 9.97 Å². The van der Waals surface area contributed by atoms with Crippen molar-refractivity contribution in [1.29, 1.82) is 0 Å². The molecule has 0 saturated carbocycles. The zero-order valence-electron chi connectivity index (χ0n) is 25.2. The van der Waals surface area contributed by atoms with Gasteiger partial charge in [-0.15, -0.1) is 0 Å². The lowest BCUT2D eigenvalue weighted by Crippen LogP contribution is -2.31. The molecule has 14 heteroatoms. The first kappa shape index (κ1) is 34.1. The first-order chi connectivity index (χ1) is 22.2. The molecule has 2 aromatic heterocycles. The van der Waals surface area contributed by atoms with Crippen molar-refractivity contribution in [2.45, 2.75) is 57.4 Å². The highest BCUT2D eigenvalue weighted by atomic mass is 19.4. The zero-order valence-corrected chi connectivity index (χ0v) is 25.2. The van der Waals surface area contributed by atoms with Crippen molar-refractivity contribution in [3.63, 3.8) is 0 Å². The number of benzene rings is 2. The van der Waals surface area contributed by atoms with Crippen molar-refractivity contribution in [1.82, 2.24) is 9.97 Å². The summed E-state index contributed by atoms with van der Waals surface area (Å²) in [5, 5.41) is 0. The van der Waals surface area contributed by atoms with E-state index in [4.69, 9.17) is 27.8 Å². The fourth-order valence-corrected chi connectivity index (χ4v) is 4.58. The average Bonchev–Trinajstić information content (AvgIpc) is 3.73. The molecule has 3 heterocycles. The number of hydrogen-bond donors (Lipinski definition) is 0. The van der Waals surface area contributed by atoms with Crippen molar-refractivity contribution >= 4 is 24.3 Å².